The van der Waals surface area contributed by atoms with Crippen LogP contribution in [0.4, 0.5) is 27.9 Å². The van der Waals surface area contributed by atoms with E-state index >= 15 is 0 Å². The maximum absolute atomic E-state index is 13.0. The number of allylic oxidation sites excluding steroid dienone is 1. The van der Waals surface area contributed by atoms with Gasteiger partial charge in [0.25, 0.3) is 0 Å². The molecule has 0 unspecified atom stereocenters. The van der Waals surface area contributed by atoms with Gasteiger partial charge in [0.15, 0.2) is 5.82 Å². The van der Waals surface area contributed by atoms with E-state index in [-0.39, 0.29) is 25.6 Å². The Kier molecular flexibility index (Phi) is 7.16. The Morgan fingerprint density at radius 2 is 1.87 bits per heavy atom. The lowest BCUT2D eigenvalue weighted by molar-refractivity contribution is -0.137. The third-order valence-corrected chi connectivity index (χ3v) is 4.61. The second-order valence-electron chi connectivity index (χ2n) is 6.82. The Balaban J connectivity index is 1.68. The van der Waals surface area contributed by atoms with Crippen molar-refractivity contribution < 1.29 is 31.5 Å². The average molecular weight is 442 g/mol. The van der Waals surface area contributed by atoms with E-state index in [1.165, 1.54) is 17.0 Å². The maximum atomic E-state index is 13.0. The summed E-state index contributed by atoms with van der Waals surface area (Å²) in [7, 11) is 0. The van der Waals surface area contributed by atoms with Crippen molar-refractivity contribution in [3.05, 3.63) is 65.8 Å². The molecule has 11 heteroatoms. The van der Waals surface area contributed by atoms with Crippen molar-refractivity contribution in [3.8, 4) is 0 Å². The van der Waals surface area contributed by atoms with Gasteiger partial charge < -0.3 is 15.0 Å². The molecule has 0 bridgehead atoms. The highest BCUT2D eigenvalue weighted by atomic mass is 19.4. The summed E-state index contributed by atoms with van der Waals surface area (Å²) in [6.07, 6.45) is -0.819. The largest absolute Gasteiger partial charge is 0.416 e. The van der Waals surface area contributed by atoms with Crippen LogP contribution >= 0.6 is 0 Å². The summed E-state index contributed by atoms with van der Waals surface area (Å²) in [5, 5.41) is 2.97. The average Bonchev–Trinajstić information content (AvgIpc) is 3.14. The molecule has 6 nitrogen and oxygen atoms in total. The SMILES string of the molecule is O=C(/C=C/CF)N1C[C@@H](Nc2ncc(F)cn2)[C@H](OCc2ccc(C(F)(F)F)cc2)C1. The summed E-state index contributed by atoms with van der Waals surface area (Å²) in [5.74, 6) is -0.895. The maximum Gasteiger partial charge on any atom is 0.416 e. The molecule has 1 aliphatic heterocycles. The van der Waals surface area contributed by atoms with Gasteiger partial charge in [-0.25, -0.2) is 18.7 Å². The Morgan fingerprint density at radius 3 is 2.48 bits per heavy atom. The van der Waals surface area contributed by atoms with Gasteiger partial charge in [0.1, 0.15) is 6.67 Å². The molecule has 2 aromatic rings. The van der Waals surface area contributed by atoms with Crippen molar-refractivity contribution in [1.82, 2.24) is 14.9 Å². The van der Waals surface area contributed by atoms with Crippen LogP contribution in [0.5, 0.6) is 0 Å². The number of carbonyl (C=O) groups is 1. The van der Waals surface area contributed by atoms with Gasteiger partial charge in [0, 0.05) is 19.2 Å². The zero-order valence-electron chi connectivity index (χ0n) is 16.1. The quantitative estimate of drug-likeness (QED) is 0.526. The predicted molar refractivity (Wildman–Crippen MR) is 101 cm³/mol. The summed E-state index contributed by atoms with van der Waals surface area (Å²) >= 11 is 0. The fraction of sp³-hybridized carbons (Fsp3) is 0.350. The van der Waals surface area contributed by atoms with Crippen molar-refractivity contribution in [3.63, 3.8) is 0 Å². The lowest BCUT2D eigenvalue weighted by Crippen LogP contribution is -2.35. The molecule has 3 rings (SSSR count). The number of halogens is 5. The molecule has 1 saturated heterocycles. The molecule has 0 aliphatic carbocycles. The second kappa shape index (κ2) is 9.82. The molecule has 1 aromatic heterocycles. The number of ether oxygens (including phenoxy) is 1. The Morgan fingerprint density at radius 1 is 1.19 bits per heavy atom. The number of amides is 1. The molecule has 31 heavy (non-hydrogen) atoms. The van der Waals surface area contributed by atoms with Crippen molar-refractivity contribution in [2.24, 2.45) is 0 Å². The molecule has 1 aliphatic rings. The minimum Gasteiger partial charge on any atom is -0.369 e. The molecule has 1 N–H and O–H groups in total. The topological polar surface area (TPSA) is 67.4 Å². The molecule has 166 valence electrons. The number of nitrogens with one attached hydrogen (secondary N) is 1. The second-order valence-corrected chi connectivity index (χ2v) is 6.82. The minimum absolute atomic E-state index is 0.00755. The fourth-order valence-electron chi connectivity index (χ4n) is 3.06. The molecular formula is C20H19F5N4O2. The zero-order valence-corrected chi connectivity index (χ0v) is 16.1. The summed E-state index contributed by atoms with van der Waals surface area (Å²) in [6, 6.07) is 4.09. The number of hydrogen-bond acceptors (Lipinski definition) is 5. The predicted octanol–water partition coefficient (Wildman–Crippen LogP) is 3.37. The van der Waals surface area contributed by atoms with Crippen molar-refractivity contribution in [2.75, 3.05) is 25.1 Å². The van der Waals surface area contributed by atoms with E-state index in [1.54, 1.807) is 0 Å². The van der Waals surface area contributed by atoms with Crippen LogP contribution in [0.15, 0.2) is 48.8 Å². The monoisotopic (exact) mass is 442 g/mol. The highest BCUT2D eigenvalue weighted by Crippen LogP contribution is 2.29. The van der Waals surface area contributed by atoms with Gasteiger partial charge in [-0.2, -0.15) is 13.2 Å². The number of likely N-dealkylation sites (tertiary alicyclic amines) is 1. The fourth-order valence-corrected chi connectivity index (χ4v) is 3.06. The Hall–Kier alpha value is -3.08. The van der Waals surface area contributed by atoms with Crippen molar-refractivity contribution >= 4 is 11.9 Å². The summed E-state index contributed by atoms with van der Waals surface area (Å²) in [5.41, 5.74) is -0.242. The van der Waals surface area contributed by atoms with E-state index in [9.17, 15) is 26.7 Å². The van der Waals surface area contributed by atoms with Gasteiger partial charge >= 0.3 is 6.18 Å². The number of rotatable bonds is 7. The molecule has 0 spiro atoms. The molecule has 0 radical (unpaired) electrons. The minimum atomic E-state index is -4.43. The van der Waals surface area contributed by atoms with Gasteiger partial charge in [-0.05, 0) is 23.8 Å². The van der Waals surface area contributed by atoms with Gasteiger partial charge in [-0.1, -0.05) is 12.1 Å². The third kappa shape index (κ3) is 6.20. The number of anilines is 1. The van der Waals surface area contributed by atoms with Crippen LogP contribution < -0.4 is 5.32 Å². The van der Waals surface area contributed by atoms with Crippen LogP contribution in [0, 0.1) is 5.82 Å². The van der Waals surface area contributed by atoms with Crippen molar-refractivity contribution in [1.29, 1.82) is 0 Å². The smallest absolute Gasteiger partial charge is 0.369 e. The first-order chi connectivity index (χ1) is 14.8. The van der Waals surface area contributed by atoms with Gasteiger partial charge in [-0.3, -0.25) is 4.79 Å². The number of hydrogen-bond donors (Lipinski definition) is 1. The third-order valence-electron chi connectivity index (χ3n) is 4.61. The number of aromatic nitrogens is 2. The van der Waals surface area contributed by atoms with Crippen LogP contribution in [-0.2, 0) is 22.3 Å². The van der Waals surface area contributed by atoms with E-state index < -0.39 is 42.3 Å². The van der Waals surface area contributed by atoms with E-state index in [2.05, 4.69) is 15.3 Å². The standard InChI is InChI=1S/C20H19F5N4O2/c21-7-1-2-18(30)29-10-16(28-19-26-8-15(22)9-27-19)17(11-29)31-12-13-3-5-14(6-4-13)20(23,24)25/h1-6,8-9,16-17H,7,10-12H2,(H,26,27,28)/b2-1+/t16-,17-/m1/s1. The van der Waals surface area contributed by atoms with Crippen LogP contribution in [0.25, 0.3) is 0 Å². The number of benzene rings is 1. The lowest BCUT2D eigenvalue weighted by atomic mass is 10.1. The molecule has 0 saturated carbocycles. The van der Waals surface area contributed by atoms with Crippen LogP contribution in [0.3, 0.4) is 0 Å². The summed E-state index contributed by atoms with van der Waals surface area (Å²) in [4.78, 5) is 21.3. The summed E-state index contributed by atoms with van der Waals surface area (Å²) < 4.78 is 69.3. The van der Waals surface area contributed by atoms with Gasteiger partial charge in [0.2, 0.25) is 11.9 Å². The number of alkyl halides is 4. The first kappa shape index (κ1) is 22.6. The van der Waals surface area contributed by atoms with Gasteiger partial charge in [0.05, 0.1) is 36.7 Å². The highest BCUT2D eigenvalue weighted by molar-refractivity contribution is 5.88. The van der Waals surface area contributed by atoms with E-state index in [0.717, 1.165) is 36.7 Å². The molecule has 1 fully saturated rings. The van der Waals surface area contributed by atoms with Crippen molar-refractivity contribution in [2.45, 2.75) is 24.9 Å². The van der Waals surface area contributed by atoms with E-state index in [1.807, 2.05) is 0 Å². The molecular weight excluding hydrogens is 423 g/mol. The first-order valence-electron chi connectivity index (χ1n) is 9.29. The molecule has 2 heterocycles. The van der Waals surface area contributed by atoms with E-state index in [4.69, 9.17) is 4.74 Å². The molecule has 1 aromatic carbocycles. The van der Waals surface area contributed by atoms with Crippen LogP contribution in [0.2, 0.25) is 0 Å². The van der Waals surface area contributed by atoms with E-state index in [0.29, 0.717) is 5.56 Å². The highest BCUT2D eigenvalue weighted by Gasteiger charge is 2.36. The number of nitrogens with zero attached hydrogens (tertiary/aromatic N) is 3. The van der Waals surface area contributed by atoms with Crippen LogP contribution in [0.1, 0.15) is 11.1 Å². The molecule has 2 atom stereocenters. The number of carbonyl (C=O) groups excluding carboxylic acids is 1. The first-order valence-corrected chi connectivity index (χ1v) is 9.29. The lowest BCUT2D eigenvalue weighted by Gasteiger charge is -2.20. The molecule has 1 amide bonds. The summed E-state index contributed by atoms with van der Waals surface area (Å²) in [6.45, 7) is -0.422. The Bertz CT molecular complexity index is 903. The van der Waals surface area contributed by atoms with Crippen LogP contribution in [-0.4, -0.2) is 52.7 Å². The normalized spacial score (nSPS) is 19.2. The zero-order chi connectivity index (χ0) is 22.4. The Labute approximate surface area is 174 Å². The van der Waals surface area contributed by atoms with Gasteiger partial charge in [-0.15, -0.1) is 0 Å².